The summed E-state index contributed by atoms with van der Waals surface area (Å²) in [6.45, 7) is 3.44. The van der Waals surface area contributed by atoms with Crippen LogP contribution in [-0.4, -0.2) is 42.2 Å². The van der Waals surface area contributed by atoms with Crippen LogP contribution in [0.4, 0.5) is 5.69 Å². The van der Waals surface area contributed by atoms with E-state index in [0.717, 1.165) is 15.4 Å². The van der Waals surface area contributed by atoms with E-state index < -0.39 is 15.9 Å². The van der Waals surface area contributed by atoms with Gasteiger partial charge in [-0.15, -0.1) is 0 Å². The molecule has 0 bridgehead atoms. The molecule has 0 heterocycles. The third kappa shape index (κ3) is 5.86. The molecular formula is C26H30N2O6S. The summed E-state index contributed by atoms with van der Waals surface area (Å²) in [7, 11) is 0.544. The highest BCUT2D eigenvalue weighted by atomic mass is 32.2. The van der Waals surface area contributed by atoms with E-state index in [1.807, 2.05) is 13.0 Å². The van der Waals surface area contributed by atoms with Gasteiger partial charge in [-0.05, 0) is 55.3 Å². The monoisotopic (exact) mass is 498 g/mol. The van der Waals surface area contributed by atoms with Gasteiger partial charge in [-0.25, -0.2) is 8.42 Å². The van der Waals surface area contributed by atoms with Crippen molar-refractivity contribution in [1.82, 2.24) is 5.32 Å². The Morgan fingerprint density at radius 2 is 1.49 bits per heavy atom. The maximum atomic E-state index is 13.5. The summed E-state index contributed by atoms with van der Waals surface area (Å²) in [4.78, 5) is 13.1. The number of nitrogens with one attached hydrogen (secondary N) is 1. The van der Waals surface area contributed by atoms with Crippen LogP contribution in [0.1, 0.15) is 16.7 Å². The third-order valence-corrected chi connectivity index (χ3v) is 7.27. The average Bonchev–Trinajstić information content (AvgIpc) is 2.86. The Kier molecular flexibility index (Phi) is 8.24. The van der Waals surface area contributed by atoms with Gasteiger partial charge in [0.2, 0.25) is 11.7 Å². The van der Waals surface area contributed by atoms with E-state index in [-0.39, 0.29) is 18.0 Å². The number of sulfonamides is 1. The van der Waals surface area contributed by atoms with Crippen molar-refractivity contribution < 1.29 is 27.4 Å². The van der Waals surface area contributed by atoms with Gasteiger partial charge in [-0.1, -0.05) is 35.9 Å². The molecule has 0 radical (unpaired) electrons. The van der Waals surface area contributed by atoms with Gasteiger partial charge in [-0.2, -0.15) is 0 Å². The highest BCUT2D eigenvalue weighted by molar-refractivity contribution is 7.92. The predicted octanol–water partition coefficient (Wildman–Crippen LogP) is 3.84. The van der Waals surface area contributed by atoms with E-state index in [2.05, 4.69) is 5.32 Å². The van der Waals surface area contributed by atoms with Crippen LogP contribution in [0.3, 0.4) is 0 Å². The molecular weight excluding hydrogens is 468 g/mol. The maximum absolute atomic E-state index is 13.5. The van der Waals surface area contributed by atoms with Crippen molar-refractivity contribution in [1.29, 1.82) is 0 Å². The second-order valence-corrected chi connectivity index (χ2v) is 9.78. The normalized spacial score (nSPS) is 11.0. The maximum Gasteiger partial charge on any atom is 0.264 e. The number of anilines is 1. The van der Waals surface area contributed by atoms with Gasteiger partial charge in [-0.3, -0.25) is 9.10 Å². The van der Waals surface area contributed by atoms with E-state index in [4.69, 9.17) is 14.2 Å². The molecule has 0 saturated heterocycles. The van der Waals surface area contributed by atoms with E-state index in [0.29, 0.717) is 28.5 Å². The van der Waals surface area contributed by atoms with Gasteiger partial charge in [0.1, 0.15) is 6.54 Å². The van der Waals surface area contributed by atoms with Gasteiger partial charge in [0.05, 0.1) is 31.9 Å². The topological polar surface area (TPSA) is 94.2 Å². The van der Waals surface area contributed by atoms with Crippen molar-refractivity contribution in [3.05, 3.63) is 77.4 Å². The number of hydrogen-bond donors (Lipinski definition) is 1. The summed E-state index contributed by atoms with van der Waals surface area (Å²) in [5.41, 5.74) is 2.82. The Morgan fingerprint density at radius 1 is 0.886 bits per heavy atom. The van der Waals surface area contributed by atoms with Gasteiger partial charge in [0.15, 0.2) is 11.5 Å². The van der Waals surface area contributed by atoms with Crippen molar-refractivity contribution >= 4 is 21.6 Å². The number of para-hydroxylation sites is 1. The van der Waals surface area contributed by atoms with Crippen LogP contribution in [0.5, 0.6) is 17.2 Å². The third-order valence-electron chi connectivity index (χ3n) is 5.49. The minimum atomic E-state index is -3.99. The van der Waals surface area contributed by atoms with Crippen molar-refractivity contribution in [3.63, 3.8) is 0 Å². The fraction of sp³-hybridized carbons (Fsp3) is 0.269. The van der Waals surface area contributed by atoms with E-state index >= 15 is 0 Å². The molecule has 0 aliphatic rings. The molecule has 8 nitrogen and oxygen atoms in total. The molecule has 35 heavy (non-hydrogen) atoms. The minimum Gasteiger partial charge on any atom is -0.493 e. The molecule has 1 amide bonds. The molecule has 0 aliphatic heterocycles. The lowest BCUT2D eigenvalue weighted by Crippen LogP contribution is -2.41. The Labute approximate surface area is 206 Å². The summed E-state index contributed by atoms with van der Waals surface area (Å²) in [5.74, 6) is 0.900. The molecule has 0 saturated carbocycles. The fourth-order valence-electron chi connectivity index (χ4n) is 3.60. The van der Waals surface area contributed by atoms with E-state index in [1.165, 1.54) is 21.3 Å². The minimum absolute atomic E-state index is 0.115. The molecule has 186 valence electrons. The van der Waals surface area contributed by atoms with Crippen LogP contribution in [0.25, 0.3) is 0 Å². The Bertz CT molecular complexity index is 1260. The van der Waals surface area contributed by atoms with Crippen LogP contribution in [0, 0.1) is 13.8 Å². The standard InChI is InChI=1S/C26H30N2O6S/c1-18-10-12-21(13-11-18)35(30,31)28(22-9-7-6-8-19(22)2)17-25(29)27-16-20-14-23(32-3)26(34-5)24(15-20)33-4/h6-15H,16-17H2,1-5H3,(H,27,29). The smallest absolute Gasteiger partial charge is 0.264 e. The van der Waals surface area contributed by atoms with Crippen molar-refractivity contribution in [2.45, 2.75) is 25.3 Å². The van der Waals surface area contributed by atoms with E-state index in [9.17, 15) is 13.2 Å². The predicted molar refractivity (Wildman–Crippen MR) is 135 cm³/mol. The highest BCUT2D eigenvalue weighted by Crippen LogP contribution is 2.38. The highest BCUT2D eigenvalue weighted by Gasteiger charge is 2.28. The number of carbonyl (C=O) groups excluding carboxylic acids is 1. The molecule has 0 unspecified atom stereocenters. The van der Waals surface area contributed by atoms with Crippen LogP contribution >= 0.6 is 0 Å². The molecule has 0 atom stereocenters. The lowest BCUT2D eigenvalue weighted by atomic mass is 10.1. The van der Waals surface area contributed by atoms with Crippen LogP contribution in [0.2, 0.25) is 0 Å². The lowest BCUT2D eigenvalue weighted by molar-refractivity contribution is -0.119. The van der Waals surface area contributed by atoms with Gasteiger partial charge < -0.3 is 19.5 Å². The van der Waals surface area contributed by atoms with Crippen LogP contribution in [-0.2, 0) is 21.4 Å². The van der Waals surface area contributed by atoms with Crippen molar-refractivity contribution in [2.24, 2.45) is 0 Å². The molecule has 1 N–H and O–H groups in total. The number of methoxy groups -OCH3 is 3. The van der Waals surface area contributed by atoms with Gasteiger partial charge in [0.25, 0.3) is 10.0 Å². The number of benzene rings is 3. The Hall–Kier alpha value is -3.72. The largest absolute Gasteiger partial charge is 0.493 e. The summed E-state index contributed by atoms with van der Waals surface area (Å²) >= 11 is 0. The van der Waals surface area contributed by atoms with Crippen LogP contribution < -0.4 is 23.8 Å². The zero-order chi connectivity index (χ0) is 25.6. The number of hydrogen-bond acceptors (Lipinski definition) is 6. The zero-order valence-electron chi connectivity index (χ0n) is 20.5. The average molecular weight is 499 g/mol. The Morgan fingerprint density at radius 3 is 2.03 bits per heavy atom. The number of rotatable bonds is 10. The molecule has 0 spiro atoms. The van der Waals surface area contributed by atoms with Crippen molar-refractivity contribution in [3.8, 4) is 17.2 Å². The molecule has 0 aliphatic carbocycles. The molecule has 9 heteroatoms. The van der Waals surface area contributed by atoms with Crippen molar-refractivity contribution in [2.75, 3.05) is 32.2 Å². The van der Waals surface area contributed by atoms with Gasteiger partial charge >= 0.3 is 0 Å². The zero-order valence-corrected chi connectivity index (χ0v) is 21.3. The first-order chi connectivity index (χ1) is 16.7. The number of carbonyl (C=O) groups is 1. The lowest BCUT2D eigenvalue weighted by Gasteiger charge is -2.25. The molecule has 3 aromatic carbocycles. The first kappa shape index (κ1) is 25.9. The van der Waals surface area contributed by atoms with Gasteiger partial charge in [0, 0.05) is 6.54 Å². The Balaban J connectivity index is 1.87. The molecule has 3 rings (SSSR count). The summed E-state index contributed by atoms with van der Waals surface area (Å²) in [6, 6.07) is 17.1. The first-order valence-electron chi connectivity index (χ1n) is 10.9. The second kappa shape index (κ2) is 11.1. The van der Waals surface area contributed by atoms with Crippen LogP contribution in [0.15, 0.2) is 65.6 Å². The molecule has 3 aromatic rings. The SMILES string of the molecule is COc1cc(CNC(=O)CN(c2ccccc2C)S(=O)(=O)c2ccc(C)cc2)cc(OC)c1OC. The number of ether oxygens (including phenoxy) is 3. The molecule has 0 aromatic heterocycles. The summed E-state index contributed by atoms with van der Waals surface area (Å²) in [5, 5.41) is 2.79. The van der Waals surface area contributed by atoms with E-state index in [1.54, 1.807) is 61.5 Å². The number of aryl methyl sites for hydroxylation is 2. The number of nitrogens with zero attached hydrogens (tertiary/aromatic N) is 1. The second-order valence-electron chi connectivity index (χ2n) is 7.92. The molecule has 0 fully saturated rings. The fourth-order valence-corrected chi connectivity index (χ4v) is 5.09. The summed E-state index contributed by atoms with van der Waals surface area (Å²) < 4.78 is 44.3. The quantitative estimate of drug-likeness (QED) is 0.457. The summed E-state index contributed by atoms with van der Waals surface area (Å²) in [6.07, 6.45) is 0. The first-order valence-corrected chi connectivity index (χ1v) is 12.4. The number of amides is 1.